The molecule has 0 spiro atoms. The molecule has 0 saturated heterocycles. The quantitative estimate of drug-likeness (QED) is 0.451. The van der Waals surface area contributed by atoms with Gasteiger partial charge >= 0.3 is 5.69 Å². The molecule has 0 heterocycles. The van der Waals surface area contributed by atoms with Gasteiger partial charge in [0.25, 0.3) is 0 Å². The topological polar surface area (TPSA) is 93.2 Å². The van der Waals surface area contributed by atoms with Crippen LogP contribution in [0.15, 0.2) is 12.1 Å². The first-order valence-electron chi connectivity index (χ1n) is 4.87. The van der Waals surface area contributed by atoms with Crippen LogP contribution in [0.3, 0.4) is 0 Å². The minimum Gasteiger partial charge on any atom is -0.487 e. The maximum absolute atomic E-state index is 11.3. The van der Waals surface area contributed by atoms with E-state index in [1.54, 1.807) is 13.0 Å². The third-order valence-electron chi connectivity index (χ3n) is 2.10. The molecule has 0 unspecified atom stereocenters. The molecule has 0 saturated carbocycles. The summed E-state index contributed by atoms with van der Waals surface area (Å²) in [6.07, 6.45) is 0. The highest BCUT2D eigenvalue weighted by Gasteiger charge is 2.20. The predicted octanol–water partition coefficient (Wildman–Crippen LogP) is 2.07. The number of nitriles is 1. The second kappa shape index (κ2) is 5.07. The molecule has 17 heavy (non-hydrogen) atoms. The number of benzene rings is 1. The molecule has 0 N–H and O–H groups in total. The average molecular weight is 234 g/mol. The van der Waals surface area contributed by atoms with Crippen LogP contribution in [0.4, 0.5) is 5.69 Å². The van der Waals surface area contributed by atoms with Crippen LogP contribution in [0.1, 0.15) is 29.8 Å². The first kappa shape index (κ1) is 12.6. The van der Waals surface area contributed by atoms with E-state index in [1.807, 2.05) is 0 Å². The number of ether oxygens (including phenoxy) is 1. The second-order valence-corrected chi connectivity index (χ2v) is 3.22. The number of nitro benzene ring substituents is 1. The van der Waals surface area contributed by atoms with E-state index in [2.05, 4.69) is 0 Å². The van der Waals surface area contributed by atoms with Gasteiger partial charge in [-0.25, -0.2) is 0 Å². The molecule has 0 amide bonds. The Balaban J connectivity index is 3.48. The van der Waals surface area contributed by atoms with Crippen LogP contribution in [0.2, 0.25) is 0 Å². The molecule has 88 valence electrons. The molecule has 6 nitrogen and oxygen atoms in total. The molecule has 1 rings (SSSR count). The van der Waals surface area contributed by atoms with Gasteiger partial charge in [-0.1, -0.05) is 0 Å². The lowest BCUT2D eigenvalue weighted by molar-refractivity contribution is -0.385. The Morgan fingerprint density at radius 3 is 2.65 bits per heavy atom. The first-order valence-corrected chi connectivity index (χ1v) is 4.87. The zero-order valence-corrected chi connectivity index (χ0v) is 9.39. The molecule has 0 aliphatic carbocycles. The predicted molar refractivity (Wildman–Crippen MR) is 59.0 cm³/mol. The zero-order valence-electron chi connectivity index (χ0n) is 9.39. The maximum atomic E-state index is 11.3. The number of carbonyl (C=O) groups is 1. The van der Waals surface area contributed by atoms with Crippen molar-refractivity contribution in [3.8, 4) is 11.8 Å². The molecular formula is C11H10N2O4. The summed E-state index contributed by atoms with van der Waals surface area (Å²) in [6.45, 7) is 3.21. The van der Waals surface area contributed by atoms with Gasteiger partial charge in [-0.05, 0) is 19.9 Å². The minimum atomic E-state index is -0.643. The van der Waals surface area contributed by atoms with Crippen molar-refractivity contribution in [2.75, 3.05) is 6.61 Å². The maximum Gasteiger partial charge on any atom is 0.312 e. The third-order valence-corrected chi connectivity index (χ3v) is 2.10. The van der Waals surface area contributed by atoms with Crippen molar-refractivity contribution in [3.63, 3.8) is 0 Å². The lowest BCUT2D eigenvalue weighted by Crippen LogP contribution is -2.03. The number of nitro groups is 1. The number of ketones is 1. The van der Waals surface area contributed by atoms with E-state index >= 15 is 0 Å². The van der Waals surface area contributed by atoms with Crippen LogP contribution in [-0.4, -0.2) is 17.3 Å². The molecule has 1 aromatic rings. The summed E-state index contributed by atoms with van der Waals surface area (Å²) >= 11 is 0. The summed E-state index contributed by atoms with van der Waals surface area (Å²) in [6, 6.07) is 4.06. The van der Waals surface area contributed by atoms with Crippen molar-refractivity contribution >= 4 is 11.5 Å². The molecular weight excluding hydrogens is 224 g/mol. The largest absolute Gasteiger partial charge is 0.487 e. The van der Waals surface area contributed by atoms with Gasteiger partial charge in [-0.3, -0.25) is 14.9 Å². The first-order chi connectivity index (χ1) is 8.01. The fourth-order valence-electron chi connectivity index (χ4n) is 1.37. The van der Waals surface area contributed by atoms with Crippen LogP contribution >= 0.6 is 0 Å². The van der Waals surface area contributed by atoms with Crippen LogP contribution in [0.5, 0.6) is 5.75 Å². The molecule has 1 aromatic carbocycles. The number of Topliss-reactive ketones (excluding diaryl/α,β-unsaturated/α-hetero) is 1. The summed E-state index contributed by atoms with van der Waals surface area (Å²) in [5.41, 5.74) is -0.206. The van der Waals surface area contributed by atoms with Gasteiger partial charge in [0.1, 0.15) is 6.07 Å². The van der Waals surface area contributed by atoms with Crippen molar-refractivity contribution in [1.29, 1.82) is 5.26 Å². The lowest BCUT2D eigenvalue weighted by Gasteiger charge is -2.06. The Morgan fingerprint density at radius 2 is 2.24 bits per heavy atom. The lowest BCUT2D eigenvalue weighted by atomic mass is 10.0. The summed E-state index contributed by atoms with van der Waals surface area (Å²) in [5, 5.41) is 19.6. The molecule has 0 aromatic heterocycles. The van der Waals surface area contributed by atoms with Crippen molar-refractivity contribution in [2.24, 2.45) is 0 Å². The number of hydrogen-bond donors (Lipinski definition) is 0. The molecule has 0 radical (unpaired) electrons. The fraction of sp³-hybridized carbons (Fsp3) is 0.273. The van der Waals surface area contributed by atoms with Gasteiger partial charge in [-0.2, -0.15) is 5.26 Å². The molecule has 0 aliphatic rings. The number of nitrogens with zero attached hydrogens (tertiary/aromatic N) is 2. The Morgan fingerprint density at radius 1 is 1.59 bits per heavy atom. The van der Waals surface area contributed by atoms with E-state index in [0.29, 0.717) is 0 Å². The van der Waals surface area contributed by atoms with E-state index in [1.165, 1.54) is 13.0 Å². The van der Waals surface area contributed by atoms with E-state index < -0.39 is 4.92 Å². The fourth-order valence-corrected chi connectivity index (χ4v) is 1.37. The Hall–Kier alpha value is -2.42. The zero-order chi connectivity index (χ0) is 13.0. The van der Waals surface area contributed by atoms with Crippen LogP contribution < -0.4 is 4.74 Å². The van der Waals surface area contributed by atoms with Crippen molar-refractivity contribution in [3.05, 3.63) is 33.4 Å². The number of carbonyl (C=O) groups excluding carboxylic acids is 1. The normalized spacial score (nSPS) is 9.47. The standard InChI is InChI=1S/C11H10N2O4/c1-3-17-11-5-9(7(2)14)8(6-12)4-10(11)13(15)16/h4-5H,3H2,1-2H3. The average Bonchev–Trinajstić information content (AvgIpc) is 2.28. The Kier molecular flexibility index (Phi) is 3.78. The summed E-state index contributed by atoms with van der Waals surface area (Å²) < 4.78 is 5.09. The van der Waals surface area contributed by atoms with E-state index in [0.717, 1.165) is 6.07 Å². The van der Waals surface area contributed by atoms with Gasteiger partial charge in [-0.15, -0.1) is 0 Å². The summed E-state index contributed by atoms with van der Waals surface area (Å²) in [4.78, 5) is 21.4. The van der Waals surface area contributed by atoms with Gasteiger partial charge in [0.2, 0.25) is 0 Å². The van der Waals surface area contributed by atoms with Gasteiger partial charge in [0, 0.05) is 11.6 Å². The summed E-state index contributed by atoms with van der Waals surface area (Å²) in [5.74, 6) is -0.334. The highest BCUT2D eigenvalue weighted by atomic mass is 16.6. The van der Waals surface area contributed by atoms with E-state index in [4.69, 9.17) is 10.00 Å². The second-order valence-electron chi connectivity index (χ2n) is 3.22. The highest BCUT2D eigenvalue weighted by Crippen LogP contribution is 2.30. The van der Waals surface area contributed by atoms with Crippen molar-refractivity contribution in [2.45, 2.75) is 13.8 Å². The number of hydrogen-bond acceptors (Lipinski definition) is 5. The Labute approximate surface area is 97.6 Å². The molecule has 0 fully saturated rings. The molecule has 0 bridgehead atoms. The smallest absolute Gasteiger partial charge is 0.312 e. The molecule has 0 aliphatic heterocycles. The summed E-state index contributed by atoms with van der Waals surface area (Å²) in [7, 11) is 0. The minimum absolute atomic E-state index is 0.00157. The van der Waals surface area contributed by atoms with Crippen LogP contribution in [-0.2, 0) is 0 Å². The Bertz CT molecular complexity index is 517. The van der Waals surface area contributed by atoms with Crippen molar-refractivity contribution < 1.29 is 14.5 Å². The van der Waals surface area contributed by atoms with Gasteiger partial charge < -0.3 is 4.74 Å². The van der Waals surface area contributed by atoms with Gasteiger partial charge in [0.05, 0.1) is 17.1 Å². The third kappa shape index (κ3) is 2.58. The highest BCUT2D eigenvalue weighted by molar-refractivity contribution is 5.97. The molecule has 6 heteroatoms. The number of rotatable bonds is 4. The monoisotopic (exact) mass is 234 g/mol. The van der Waals surface area contributed by atoms with Crippen LogP contribution in [0.25, 0.3) is 0 Å². The van der Waals surface area contributed by atoms with Gasteiger partial charge in [0.15, 0.2) is 11.5 Å². The van der Waals surface area contributed by atoms with E-state index in [9.17, 15) is 14.9 Å². The van der Waals surface area contributed by atoms with Crippen LogP contribution in [0, 0.1) is 21.4 Å². The van der Waals surface area contributed by atoms with Crippen molar-refractivity contribution in [1.82, 2.24) is 0 Å². The molecule has 0 atom stereocenters. The SMILES string of the molecule is CCOc1cc(C(C)=O)c(C#N)cc1[N+](=O)[O-]. The van der Waals surface area contributed by atoms with E-state index in [-0.39, 0.29) is 35.0 Å².